The van der Waals surface area contributed by atoms with Crippen LogP contribution in [0.5, 0.6) is 0 Å². The summed E-state index contributed by atoms with van der Waals surface area (Å²) in [6.45, 7) is 11.1. The number of nitrogens with one attached hydrogen (secondary N) is 2. The number of pyridine rings is 1. The van der Waals surface area contributed by atoms with Crippen molar-refractivity contribution in [2.45, 2.75) is 46.2 Å². The minimum Gasteiger partial charge on any atom is -0.366 e. The Morgan fingerprint density at radius 3 is 2.68 bits per heavy atom. The average Bonchev–Trinajstić information content (AvgIpc) is 3.33. The summed E-state index contributed by atoms with van der Waals surface area (Å²) < 4.78 is 0. The van der Waals surface area contributed by atoms with Crippen LogP contribution >= 0.6 is 0 Å². The van der Waals surface area contributed by atoms with E-state index >= 15 is 0 Å². The van der Waals surface area contributed by atoms with E-state index in [1.807, 2.05) is 37.2 Å². The minimum absolute atomic E-state index is 0.206. The molecule has 2 aromatic heterocycles. The molecule has 10 nitrogen and oxygen atoms in total. The number of carbonyl (C=O) groups is 1. The van der Waals surface area contributed by atoms with Gasteiger partial charge in [0.2, 0.25) is 23.8 Å². The molecule has 196 valence electrons. The van der Waals surface area contributed by atoms with E-state index in [-0.39, 0.29) is 12.1 Å². The zero-order valence-corrected chi connectivity index (χ0v) is 22.3. The number of carbonyl (C=O) groups excluding carboxylic acids is 1. The van der Waals surface area contributed by atoms with E-state index < -0.39 is 5.91 Å². The number of hydrogen-bond acceptors (Lipinski definition) is 9. The van der Waals surface area contributed by atoms with Crippen molar-refractivity contribution in [2.75, 3.05) is 42.2 Å². The van der Waals surface area contributed by atoms with Crippen molar-refractivity contribution in [3.8, 4) is 0 Å². The van der Waals surface area contributed by atoms with Gasteiger partial charge >= 0.3 is 0 Å². The van der Waals surface area contributed by atoms with E-state index in [0.717, 1.165) is 37.3 Å². The lowest BCUT2D eigenvalue weighted by Crippen LogP contribution is -2.30. The van der Waals surface area contributed by atoms with Crippen LogP contribution in [-0.2, 0) is 0 Å². The predicted octanol–water partition coefficient (Wildman–Crippen LogP) is 3.76. The van der Waals surface area contributed by atoms with Gasteiger partial charge in [-0.15, -0.1) is 0 Å². The van der Waals surface area contributed by atoms with Crippen LogP contribution in [-0.4, -0.2) is 63.5 Å². The molecule has 1 aliphatic rings. The van der Waals surface area contributed by atoms with Crippen LogP contribution in [0.2, 0.25) is 0 Å². The number of aromatic nitrogens is 4. The van der Waals surface area contributed by atoms with Crippen LogP contribution < -0.4 is 21.3 Å². The largest absolute Gasteiger partial charge is 0.366 e. The Labute approximate surface area is 218 Å². The monoisotopic (exact) mass is 503 g/mol. The average molecular weight is 504 g/mol. The lowest BCUT2D eigenvalue weighted by atomic mass is 10.1. The molecular formula is C27H37N9O. The predicted molar refractivity (Wildman–Crippen MR) is 147 cm³/mol. The second-order valence-electron chi connectivity index (χ2n) is 10.2. The first-order chi connectivity index (χ1) is 17.7. The van der Waals surface area contributed by atoms with E-state index in [1.165, 1.54) is 5.56 Å². The SMILES string of the molecule is Cc1ccc(C(N)=O)cc1Nc1nc(N[C@H]2CCN(C(C)c3cccnc3)C2)nc(N(C)CC(C)C)n1. The highest BCUT2D eigenvalue weighted by Gasteiger charge is 2.28. The molecule has 0 saturated carbocycles. The van der Waals surface area contributed by atoms with Gasteiger partial charge in [-0.25, -0.2) is 0 Å². The zero-order chi connectivity index (χ0) is 26.5. The molecule has 1 amide bonds. The molecule has 0 spiro atoms. The van der Waals surface area contributed by atoms with Gasteiger partial charge in [0.15, 0.2) is 0 Å². The number of benzene rings is 1. The van der Waals surface area contributed by atoms with Gasteiger partial charge in [0, 0.05) is 62.4 Å². The molecule has 3 heterocycles. The Kier molecular flexibility index (Phi) is 8.17. The maximum Gasteiger partial charge on any atom is 0.248 e. The fourth-order valence-electron chi connectivity index (χ4n) is 4.59. The van der Waals surface area contributed by atoms with Crippen molar-refractivity contribution in [3.63, 3.8) is 0 Å². The summed E-state index contributed by atoms with van der Waals surface area (Å²) in [4.78, 5) is 34.5. The van der Waals surface area contributed by atoms with E-state index in [1.54, 1.807) is 18.3 Å². The summed E-state index contributed by atoms with van der Waals surface area (Å²) in [5.41, 5.74) is 8.80. The topological polar surface area (TPSA) is 125 Å². The number of anilines is 4. The van der Waals surface area contributed by atoms with Crippen molar-refractivity contribution in [1.82, 2.24) is 24.8 Å². The van der Waals surface area contributed by atoms with Crippen molar-refractivity contribution in [1.29, 1.82) is 0 Å². The summed E-state index contributed by atoms with van der Waals surface area (Å²) in [5.74, 6) is 1.47. The number of likely N-dealkylation sites (tertiary alicyclic amines) is 1. The number of amides is 1. The Hall–Kier alpha value is -3.79. The number of aryl methyl sites for hydroxylation is 1. The van der Waals surface area contributed by atoms with Gasteiger partial charge in [0.05, 0.1) is 0 Å². The highest BCUT2D eigenvalue weighted by Crippen LogP contribution is 2.26. The molecule has 1 aliphatic heterocycles. The molecule has 3 aromatic rings. The van der Waals surface area contributed by atoms with E-state index in [4.69, 9.17) is 10.7 Å². The highest BCUT2D eigenvalue weighted by atomic mass is 16.1. The summed E-state index contributed by atoms with van der Waals surface area (Å²) in [6, 6.07) is 9.87. The number of nitrogens with zero attached hydrogens (tertiary/aromatic N) is 6. The van der Waals surface area contributed by atoms with Crippen LogP contribution in [0.1, 0.15) is 54.7 Å². The minimum atomic E-state index is -0.482. The summed E-state index contributed by atoms with van der Waals surface area (Å²) >= 11 is 0. The van der Waals surface area contributed by atoms with Gasteiger partial charge in [-0.1, -0.05) is 26.0 Å². The second-order valence-corrected chi connectivity index (χ2v) is 10.2. The number of nitrogens with two attached hydrogens (primary N) is 1. The van der Waals surface area contributed by atoms with Gasteiger partial charge in [-0.2, -0.15) is 15.0 Å². The quantitative estimate of drug-likeness (QED) is 0.379. The molecule has 37 heavy (non-hydrogen) atoms. The molecule has 4 rings (SSSR count). The highest BCUT2D eigenvalue weighted by molar-refractivity contribution is 5.94. The fraction of sp³-hybridized carbons (Fsp3) is 0.444. The van der Waals surface area contributed by atoms with Gasteiger partial charge in [0.25, 0.3) is 0 Å². The zero-order valence-electron chi connectivity index (χ0n) is 22.3. The molecule has 4 N–H and O–H groups in total. The maximum atomic E-state index is 11.7. The summed E-state index contributed by atoms with van der Waals surface area (Å²) in [5, 5.41) is 6.81. The Morgan fingerprint density at radius 1 is 1.19 bits per heavy atom. The standard InChI is InChI=1S/C27H37N9O/c1-17(2)15-35(5)27-33-25(30-22-10-12-36(16-22)19(4)21-7-6-11-29-14-21)32-26(34-27)31-23-13-20(24(28)37)9-8-18(23)3/h6-9,11,13-14,17,19,22H,10,12,15-16H2,1-5H3,(H2,28,37)(H2,30,31,32,33,34)/t19?,22-/m0/s1. The van der Waals surface area contributed by atoms with E-state index in [2.05, 4.69) is 57.3 Å². The van der Waals surface area contributed by atoms with Crippen molar-refractivity contribution in [2.24, 2.45) is 11.7 Å². The molecule has 0 bridgehead atoms. The first-order valence-corrected chi connectivity index (χ1v) is 12.7. The van der Waals surface area contributed by atoms with E-state index in [0.29, 0.717) is 29.3 Å². The molecular weight excluding hydrogens is 466 g/mol. The fourth-order valence-corrected chi connectivity index (χ4v) is 4.59. The smallest absolute Gasteiger partial charge is 0.248 e. The molecule has 0 radical (unpaired) electrons. The second kappa shape index (κ2) is 11.5. The van der Waals surface area contributed by atoms with Gasteiger partial charge in [-0.05, 0) is 55.5 Å². The Morgan fingerprint density at radius 2 is 1.97 bits per heavy atom. The van der Waals surface area contributed by atoms with Gasteiger partial charge in [0.1, 0.15) is 0 Å². The van der Waals surface area contributed by atoms with Crippen LogP contribution in [0.4, 0.5) is 23.5 Å². The van der Waals surface area contributed by atoms with Crippen LogP contribution in [0.25, 0.3) is 0 Å². The van der Waals surface area contributed by atoms with Gasteiger partial charge < -0.3 is 21.3 Å². The Balaban J connectivity index is 1.55. The molecule has 2 atom stereocenters. The number of primary amides is 1. The molecule has 0 aliphatic carbocycles. The third kappa shape index (κ3) is 6.71. The van der Waals surface area contributed by atoms with E-state index in [9.17, 15) is 4.79 Å². The van der Waals surface area contributed by atoms with Crippen molar-refractivity contribution < 1.29 is 4.79 Å². The number of hydrogen-bond donors (Lipinski definition) is 3. The van der Waals surface area contributed by atoms with Crippen LogP contribution in [0.15, 0.2) is 42.7 Å². The third-order valence-corrected chi connectivity index (χ3v) is 6.64. The normalized spacial score (nSPS) is 16.5. The molecule has 1 fully saturated rings. The third-order valence-electron chi connectivity index (χ3n) is 6.64. The first-order valence-electron chi connectivity index (χ1n) is 12.7. The molecule has 1 aromatic carbocycles. The number of rotatable bonds is 10. The van der Waals surface area contributed by atoms with Crippen molar-refractivity contribution >= 4 is 29.4 Å². The molecule has 10 heteroatoms. The molecule has 1 unspecified atom stereocenters. The maximum absolute atomic E-state index is 11.7. The summed E-state index contributed by atoms with van der Waals surface area (Å²) in [6.07, 6.45) is 4.72. The van der Waals surface area contributed by atoms with Crippen LogP contribution in [0, 0.1) is 12.8 Å². The first kappa shape index (κ1) is 26.3. The lowest BCUT2D eigenvalue weighted by molar-refractivity contribution is 0.100. The lowest BCUT2D eigenvalue weighted by Gasteiger charge is -2.25. The van der Waals surface area contributed by atoms with Crippen LogP contribution in [0.3, 0.4) is 0 Å². The molecule has 1 saturated heterocycles. The summed E-state index contributed by atoms with van der Waals surface area (Å²) in [7, 11) is 1.98. The van der Waals surface area contributed by atoms with Gasteiger partial charge in [-0.3, -0.25) is 14.7 Å². The Bertz CT molecular complexity index is 1220. The van der Waals surface area contributed by atoms with Crippen molar-refractivity contribution in [3.05, 3.63) is 59.4 Å².